The second kappa shape index (κ2) is 8.34. The van der Waals surface area contributed by atoms with Crippen LogP contribution in [0, 0.1) is 0 Å². The number of nitrogens with zero attached hydrogens (tertiary/aromatic N) is 2. The van der Waals surface area contributed by atoms with Gasteiger partial charge in [0, 0.05) is 19.1 Å². The first-order chi connectivity index (χ1) is 12.1. The van der Waals surface area contributed by atoms with Crippen LogP contribution in [0.3, 0.4) is 0 Å². The fourth-order valence-electron chi connectivity index (χ4n) is 3.57. The van der Waals surface area contributed by atoms with Crippen molar-refractivity contribution in [2.24, 2.45) is 0 Å². The normalized spacial score (nSPS) is 22.7. The van der Waals surface area contributed by atoms with Crippen molar-refractivity contribution in [1.82, 2.24) is 20.4 Å². The second-order valence-electron chi connectivity index (χ2n) is 7.14. The van der Waals surface area contributed by atoms with E-state index in [1.165, 1.54) is 0 Å². The maximum absolute atomic E-state index is 12.7. The fraction of sp³-hybridized carbons (Fsp3) is 0.579. The van der Waals surface area contributed by atoms with Crippen molar-refractivity contribution in [3.63, 3.8) is 0 Å². The van der Waals surface area contributed by atoms with Gasteiger partial charge >= 0.3 is 6.03 Å². The SMILES string of the molecule is CN1CCC(NC(=O)NC2CCCN(Cc3ccccc3)C2=O)CC1. The molecule has 3 rings (SSSR count). The van der Waals surface area contributed by atoms with Crippen molar-refractivity contribution in [2.45, 2.75) is 44.3 Å². The van der Waals surface area contributed by atoms with Crippen molar-refractivity contribution >= 4 is 11.9 Å². The molecule has 2 saturated heterocycles. The zero-order valence-electron chi connectivity index (χ0n) is 14.9. The summed E-state index contributed by atoms with van der Waals surface area (Å²) in [6, 6.07) is 9.56. The molecule has 2 N–H and O–H groups in total. The maximum atomic E-state index is 12.7. The number of carbonyl (C=O) groups excluding carboxylic acids is 2. The van der Waals surface area contributed by atoms with Gasteiger partial charge in [-0.05, 0) is 51.4 Å². The molecule has 0 bridgehead atoms. The molecule has 1 aromatic carbocycles. The molecular weight excluding hydrogens is 316 g/mol. The largest absolute Gasteiger partial charge is 0.337 e. The first-order valence-electron chi connectivity index (χ1n) is 9.20. The molecule has 1 aromatic rings. The van der Waals surface area contributed by atoms with Crippen LogP contribution in [0.1, 0.15) is 31.2 Å². The molecule has 0 spiro atoms. The van der Waals surface area contributed by atoms with Gasteiger partial charge in [-0.2, -0.15) is 0 Å². The van der Waals surface area contributed by atoms with E-state index in [2.05, 4.69) is 22.6 Å². The van der Waals surface area contributed by atoms with Crippen LogP contribution in [-0.4, -0.2) is 60.5 Å². The summed E-state index contributed by atoms with van der Waals surface area (Å²) >= 11 is 0. The molecule has 2 aliphatic rings. The van der Waals surface area contributed by atoms with E-state index >= 15 is 0 Å². The van der Waals surface area contributed by atoms with Gasteiger partial charge in [-0.3, -0.25) is 4.79 Å². The van der Waals surface area contributed by atoms with E-state index in [-0.39, 0.29) is 18.0 Å². The molecule has 3 amide bonds. The molecule has 6 nitrogen and oxygen atoms in total. The van der Waals surface area contributed by atoms with E-state index in [1.807, 2.05) is 35.2 Å². The number of rotatable bonds is 4. The lowest BCUT2D eigenvalue weighted by atomic mass is 10.0. The molecular formula is C19H28N4O2. The summed E-state index contributed by atoms with van der Waals surface area (Å²) in [6.07, 6.45) is 3.55. The average molecular weight is 344 g/mol. The molecule has 1 unspecified atom stereocenters. The highest BCUT2D eigenvalue weighted by Crippen LogP contribution is 2.15. The van der Waals surface area contributed by atoms with E-state index in [0.717, 1.165) is 44.5 Å². The summed E-state index contributed by atoms with van der Waals surface area (Å²) in [4.78, 5) is 29.1. The van der Waals surface area contributed by atoms with E-state index in [0.29, 0.717) is 13.0 Å². The quantitative estimate of drug-likeness (QED) is 0.871. The van der Waals surface area contributed by atoms with E-state index < -0.39 is 6.04 Å². The first-order valence-corrected chi connectivity index (χ1v) is 9.20. The first kappa shape index (κ1) is 17.7. The minimum Gasteiger partial charge on any atom is -0.337 e. The van der Waals surface area contributed by atoms with Gasteiger partial charge in [-0.1, -0.05) is 30.3 Å². The van der Waals surface area contributed by atoms with Crippen LogP contribution in [0.2, 0.25) is 0 Å². The number of amides is 3. The molecule has 2 fully saturated rings. The van der Waals surface area contributed by atoms with Gasteiger partial charge in [-0.15, -0.1) is 0 Å². The Morgan fingerprint density at radius 2 is 1.80 bits per heavy atom. The van der Waals surface area contributed by atoms with Crippen molar-refractivity contribution in [2.75, 3.05) is 26.7 Å². The molecule has 2 heterocycles. The third kappa shape index (κ3) is 4.95. The zero-order chi connectivity index (χ0) is 17.6. The van der Waals surface area contributed by atoms with Gasteiger partial charge in [0.25, 0.3) is 0 Å². The highest BCUT2D eigenvalue weighted by atomic mass is 16.2. The van der Waals surface area contributed by atoms with Gasteiger partial charge in [0.15, 0.2) is 0 Å². The average Bonchev–Trinajstić information content (AvgIpc) is 2.61. The Kier molecular flexibility index (Phi) is 5.91. The lowest BCUT2D eigenvalue weighted by molar-refractivity contribution is -0.136. The van der Waals surface area contributed by atoms with Gasteiger partial charge in [0.05, 0.1) is 0 Å². The van der Waals surface area contributed by atoms with Crippen LogP contribution in [0.5, 0.6) is 0 Å². The number of hydrogen-bond acceptors (Lipinski definition) is 3. The van der Waals surface area contributed by atoms with E-state index in [9.17, 15) is 9.59 Å². The van der Waals surface area contributed by atoms with E-state index in [1.54, 1.807) is 0 Å². The van der Waals surface area contributed by atoms with Gasteiger partial charge in [-0.25, -0.2) is 4.79 Å². The summed E-state index contributed by atoms with van der Waals surface area (Å²) in [5, 5.41) is 5.91. The summed E-state index contributed by atoms with van der Waals surface area (Å²) in [5.74, 6) is 0.0219. The standard InChI is InChI=1S/C19H28N4O2/c1-22-12-9-16(10-13-22)20-19(25)21-17-8-5-11-23(18(17)24)14-15-6-3-2-4-7-15/h2-4,6-7,16-17H,5,8-14H2,1H3,(H2,20,21,25). The highest BCUT2D eigenvalue weighted by molar-refractivity contribution is 5.87. The van der Waals surface area contributed by atoms with Gasteiger partial charge < -0.3 is 20.4 Å². The van der Waals surface area contributed by atoms with Crippen LogP contribution >= 0.6 is 0 Å². The topological polar surface area (TPSA) is 64.7 Å². The molecule has 6 heteroatoms. The Morgan fingerprint density at radius 1 is 1.08 bits per heavy atom. The Morgan fingerprint density at radius 3 is 2.52 bits per heavy atom. The molecule has 0 aromatic heterocycles. The maximum Gasteiger partial charge on any atom is 0.315 e. The van der Waals surface area contributed by atoms with Crippen molar-refractivity contribution in [1.29, 1.82) is 0 Å². The van der Waals surface area contributed by atoms with Gasteiger partial charge in [0.1, 0.15) is 6.04 Å². The van der Waals surface area contributed by atoms with E-state index in [4.69, 9.17) is 0 Å². The van der Waals surface area contributed by atoms with Crippen LogP contribution < -0.4 is 10.6 Å². The summed E-state index contributed by atoms with van der Waals surface area (Å²) in [6.45, 7) is 3.35. The van der Waals surface area contributed by atoms with Crippen LogP contribution in [-0.2, 0) is 11.3 Å². The number of hydrogen-bond donors (Lipinski definition) is 2. The Balaban J connectivity index is 1.50. The third-order valence-electron chi connectivity index (χ3n) is 5.11. The number of carbonyl (C=O) groups is 2. The number of benzene rings is 1. The lowest BCUT2D eigenvalue weighted by Crippen LogP contribution is -2.56. The predicted molar refractivity (Wildman–Crippen MR) is 97.1 cm³/mol. The Hall–Kier alpha value is -2.08. The second-order valence-corrected chi connectivity index (χ2v) is 7.14. The summed E-state index contributed by atoms with van der Waals surface area (Å²) in [5.41, 5.74) is 1.12. The monoisotopic (exact) mass is 344 g/mol. The molecule has 25 heavy (non-hydrogen) atoms. The lowest BCUT2D eigenvalue weighted by Gasteiger charge is -2.34. The molecule has 136 valence electrons. The number of urea groups is 1. The predicted octanol–water partition coefficient (Wildman–Crippen LogP) is 1.57. The van der Waals surface area contributed by atoms with Crippen molar-refractivity contribution < 1.29 is 9.59 Å². The van der Waals surface area contributed by atoms with Gasteiger partial charge in [0.2, 0.25) is 5.91 Å². The molecule has 2 aliphatic heterocycles. The zero-order valence-corrected chi connectivity index (χ0v) is 14.9. The molecule has 0 saturated carbocycles. The minimum atomic E-state index is -0.413. The van der Waals surface area contributed by atoms with Crippen LogP contribution in [0.15, 0.2) is 30.3 Å². The van der Waals surface area contributed by atoms with Crippen molar-refractivity contribution in [3.8, 4) is 0 Å². The van der Waals surface area contributed by atoms with Crippen LogP contribution in [0.4, 0.5) is 4.79 Å². The fourth-order valence-corrected chi connectivity index (χ4v) is 3.57. The number of nitrogens with one attached hydrogen (secondary N) is 2. The molecule has 0 radical (unpaired) electrons. The minimum absolute atomic E-state index is 0.0219. The van der Waals surface area contributed by atoms with Crippen LogP contribution in [0.25, 0.3) is 0 Å². The van der Waals surface area contributed by atoms with Crippen molar-refractivity contribution in [3.05, 3.63) is 35.9 Å². The summed E-state index contributed by atoms with van der Waals surface area (Å²) < 4.78 is 0. The smallest absolute Gasteiger partial charge is 0.315 e. The third-order valence-corrected chi connectivity index (χ3v) is 5.11. The number of piperidine rings is 2. The Bertz CT molecular complexity index is 584. The highest BCUT2D eigenvalue weighted by Gasteiger charge is 2.30. The molecule has 1 atom stereocenters. The Labute approximate surface area is 149 Å². The number of likely N-dealkylation sites (tertiary alicyclic amines) is 2. The molecule has 0 aliphatic carbocycles. The summed E-state index contributed by atoms with van der Waals surface area (Å²) in [7, 11) is 2.10.